The number of hydrogen-bond acceptors (Lipinski definition) is 6. The molecule has 0 fully saturated rings. The van der Waals surface area contributed by atoms with E-state index in [9.17, 15) is 0 Å². The molecule has 0 saturated carbocycles. The van der Waals surface area contributed by atoms with Crippen LogP contribution in [0.5, 0.6) is 0 Å². The Bertz CT molecular complexity index is 496. The number of rotatable bonds is 4. The van der Waals surface area contributed by atoms with Crippen LogP contribution in [0.2, 0.25) is 0 Å². The number of nitrogens with two attached hydrogens (primary N) is 2. The SMILES string of the molecule is Cc1nc(CC(NN)c2cnccc2N)cs1. The zero-order chi connectivity index (χ0) is 12.3. The van der Waals surface area contributed by atoms with E-state index in [0.29, 0.717) is 12.1 Å². The molecule has 6 heteroatoms. The molecular formula is C11H15N5S. The number of nitrogens with zero attached hydrogens (tertiary/aromatic N) is 2. The van der Waals surface area contributed by atoms with Gasteiger partial charge < -0.3 is 5.73 Å². The van der Waals surface area contributed by atoms with Gasteiger partial charge in [-0.3, -0.25) is 16.3 Å². The van der Waals surface area contributed by atoms with Crippen molar-refractivity contribution < 1.29 is 0 Å². The third-order valence-corrected chi connectivity index (χ3v) is 3.37. The quantitative estimate of drug-likeness (QED) is 0.559. The molecule has 2 aromatic rings. The molecule has 0 amide bonds. The molecule has 17 heavy (non-hydrogen) atoms. The van der Waals surface area contributed by atoms with Gasteiger partial charge in [-0.2, -0.15) is 0 Å². The minimum absolute atomic E-state index is 0.0646. The van der Waals surface area contributed by atoms with Crippen molar-refractivity contribution in [2.45, 2.75) is 19.4 Å². The average Bonchev–Trinajstić information content (AvgIpc) is 2.73. The highest BCUT2D eigenvalue weighted by molar-refractivity contribution is 7.09. The molecule has 0 saturated heterocycles. The second kappa shape index (κ2) is 5.22. The van der Waals surface area contributed by atoms with E-state index in [2.05, 4.69) is 15.4 Å². The molecule has 0 spiro atoms. The van der Waals surface area contributed by atoms with Crippen LogP contribution in [0.1, 0.15) is 22.3 Å². The average molecular weight is 249 g/mol. The van der Waals surface area contributed by atoms with Gasteiger partial charge in [0.15, 0.2) is 0 Å². The van der Waals surface area contributed by atoms with Crippen molar-refractivity contribution in [2.24, 2.45) is 5.84 Å². The second-order valence-corrected chi connectivity index (χ2v) is 4.85. The Hall–Kier alpha value is -1.50. The lowest BCUT2D eigenvalue weighted by molar-refractivity contribution is 0.547. The van der Waals surface area contributed by atoms with E-state index in [1.54, 1.807) is 29.8 Å². The number of hydrogen-bond donors (Lipinski definition) is 3. The van der Waals surface area contributed by atoms with Crippen LogP contribution in [0.15, 0.2) is 23.8 Å². The van der Waals surface area contributed by atoms with Crippen LogP contribution >= 0.6 is 11.3 Å². The number of thiazole rings is 1. The molecule has 90 valence electrons. The molecule has 0 aliphatic heterocycles. The van der Waals surface area contributed by atoms with Crippen molar-refractivity contribution in [2.75, 3.05) is 5.73 Å². The molecule has 5 N–H and O–H groups in total. The van der Waals surface area contributed by atoms with Crippen LogP contribution in [-0.2, 0) is 6.42 Å². The van der Waals surface area contributed by atoms with E-state index in [1.165, 1.54) is 0 Å². The Balaban J connectivity index is 2.20. The molecule has 0 aliphatic carbocycles. The molecule has 2 heterocycles. The lowest BCUT2D eigenvalue weighted by Gasteiger charge is -2.16. The van der Waals surface area contributed by atoms with Gasteiger partial charge in [0.05, 0.1) is 16.7 Å². The van der Waals surface area contributed by atoms with E-state index in [-0.39, 0.29) is 6.04 Å². The summed E-state index contributed by atoms with van der Waals surface area (Å²) in [6.07, 6.45) is 4.11. The van der Waals surface area contributed by atoms with Crippen LogP contribution in [0, 0.1) is 6.92 Å². The van der Waals surface area contributed by atoms with Crippen LogP contribution in [0.25, 0.3) is 0 Å². The number of nitrogens with one attached hydrogen (secondary N) is 1. The summed E-state index contributed by atoms with van der Waals surface area (Å²) < 4.78 is 0. The van der Waals surface area contributed by atoms with E-state index >= 15 is 0 Å². The van der Waals surface area contributed by atoms with Gasteiger partial charge in [0.1, 0.15) is 0 Å². The minimum Gasteiger partial charge on any atom is -0.398 e. The summed E-state index contributed by atoms with van der Waals surface area (Å²) in [6, 6.07) is 1.71. The molecule has 0 aromatic carbocycles. The van der Waals surface area contributed by atoms with Crippen LogP contribution in [0.4, 0.5) is 5.69 Å². The highest BCUT2D eigenvalue weighted by atomic mass is 32.1. The van der Waals surface area contributed by atoms with Crippen molar-refractivity contribution in [1.82, 2.24) is 15.4 Å². The summed E-state index contributed by atoms with van der Waals surface area (Å²) in [7, 11) is 0. The molecule has 1 atom stereocenters. The molecule has 0 bridgehead atoms. The first-order valence-electron chi connectivity index (χ1n) is 5.27. The Morgan fingerprint density at radius 2 is 2.35 bits per heavy atom. The van der Waals surface area contributed by atoms with Crippen LogP contribution in [-0.4, -0.2) is 9.97 Å². The number of aromatic nitrogens is 2. The molecule has 5 nitrogen and oxygen atoms in total. The zero-order valence-corrected chi connectivity index (χ0v) is 10.4. The van der Waals surface area contributed by atoms with Gasteiger partial charge >= 0.3 is 0 Å². The number of anilines is 1. The molecule has 1 unspecified atom stereocenters. The Labute approximate surface area is 104 Å². The molecule has 2 aromatic heterocycles. The van der Waals surface area contributed by atoms with Gasteiger partial charge in [-0.25, -0.2) is 4.98 Å². The summed E-state index contributed by atoms with van der Waals surface area (Å²) in [6.45, 7) is 1.98. The van der Waals surface area contributed by atoms with Gasteiger partial charge in [0.25, 0.3) is 0 Å². The normalized spacial score (nSPS) is 12.6. The Morgan fingerprint density at radius 1 is 1.53 bits per heavy atom. The fourth-order valence-electron chi connectivity index (χ4n) is 1.68. The number of hydrazine groups is 1. The van der Waals surface area contributed by atoms with Gasteiger partial charge in [-0.05, 0) is 13.0 Å². The van der Waals surface area contributed by atoms with E-state index < -0.39 is 0 Å². The van der Waals surface area contributed by atoms with Gasteiger partial charge in [0.2, 0.25) is 0 Å². The predicted molar refractivity (Wildman–Crippen MR) is 69.3 cm³/mol. The third kappa shape index (κ3) is 2.79. The largest absolute Gasteiger partial charge is 0.398 e. The summed E-state index contributed by atoms with van der Waals surface area (Å²) >= 11 is 1.63. The number of nitrogen functional groups attached to an aromatic ring is 1. The summed E-state index contributed by atoms with van der Waals surface area (Å²) in [4.78, 5) is 8.48. The standard InChI is InChI=1S/C11H15N5S/c1-7-15-8(6-17-7)4-11(16-13)9-5-14-3-2-10(9)12/h2-3,5-6,11,16H,4,13H2,1H3,(H2,12,14). The topological polar surface area (TPSA) is 89.8 Å². The summed E-state index contributed by atoms with van der Waals surface area (Å²) in [5, 5.41) is 3.08. The summed E-state index contributed by atoms with van der Waals surface area (Å²) in [5.41, 5.74) is 11.3. The van der Waals surface area contributed by atoms with Crippen molar-refractivity contribution in [1.29, 1.82) is 0 Å². The van der Waals surface area contributed by atoms with Crippen LogP contribution in [0.3, 0.4) is 0 Å². The third-order valence-electron chi connectivity index (χ3n) is 2.54. The first-order chi connectivity index (χ1) is 8.20. The van der Waals surface area contributed by atoms with E-state index in [1.807, 2.05) is 12.3 Å². The maximum atomic E-state index is 5.90. The van der Waals surface area contributed by atoms with Crippen molar-refractivity contribution >= 4 is 17.0 Å². The van der Waals surface area contributed by atoms with Crippen molar-refractivity contribution in [3.05, 3.63) is 40.1 Å². The highest BCUT2D eigenvalue weighted by Crippen LogP contribution is 2.22. The first-order valence-corrected chi connectivity index (χ1v) is 6.15. The maximum absolute atomic E-state index is 5.90. The van der Waals surface area contributed by atoms with Crippen LogP contribution < -0.4 is 17.0 Å². The maximum Gasteiger partial charge on any atom is 0.0897 e. The fourth-order valence-corrected chi connectivity index (χ4v) is 2.30. The van der Waals surface area contributed by atoms with Gasteiger partial charge in [0, 0.05) is 35.4 Å². The Morgan fingerprint density at radius 3 is 2.94 bits per heavy atom. The lowest BCUT2D eigenvalue weighted by Crippen LogP contribution is -2.30. The smallest absolute Gasteiger partial charge is 0.0897 e. The molecule has 0 radical (unpaired) electrons. The monoisotopic (exact) mass is 249 g/mol. The first kappa shape index (κ1) is 12.0. The van der Waals surface area contributed by atoms with Gasteiger partial charge in [-0.15, -0.1) is 11.3 Å². The Kier molecular flexibility index (Phi) is 3.68. The fraction of sp³-hybridized carbons (Fsp3) is 0.273. The predicted octanol–water partition coefficient (Wildman–Crippen LogP) is 1.18. The van der Waals surface area contributed by atoms with Crippen molar-refractivity contribution in [3.8, 4) is 0 Å². The number of pyridine rings is 1. The van der Waals surface area contributed by atoms with Crippen molar-refractivity contribution in [3.63, 3.8) is 0 Å². The van der Waals surface area contributed by atoms with Gasteiger partial charge in [-0.1, -0.05) is 0 Å². The highest BCUT2D eigenvalue weighted by Gasteiger charge is 2.15. The second-order valence-electron chi connectivity index (χ2n) is 3.79. The molecular weight excluding hydrogens is 234 g/mol. The lowest BCUT2D eigenvalue weighted by atomic mass is 10.0. The minimum atomic E-state index is -0.0646. The number of aryl methyl sites for hydroxylation is 1. The summed E-state index contributed by atoms with van der Waals surface area (Å²) in [5.74, 6) is 5.57. The molecule has 2 rings (SSSR count). The van der Waals surface area contributed by atoms with E-state index in [0.717, 1.165) is 16.3 Å². The molecule has 0 aliphatic rings. The van der Waals surface area contributed by atoms with E-state index in [4.69, 9.17) is 11.6 Å². The zero-order valence-electron chi connectivity index (χ0n) is 9.55.